The van der Waals surface area contributed by atoms with Crippen molar-refractivity contribution in [1.29, 1.82) is 0 Å². The summed E-state index contributed by atoms with van der Waals surface area (Å²) in [6, 6.07) is 0. The molecule has 2 N–H and O–H groups in total. The van der Waals surface area contributed by atoms with E-state index in [4.69, 9.17) is 0 Å². The molecule has 2 aromatic rings. The third kappa shape index (κ3) is 2.67. The SMILES string of the molecule is CCNc1nc(N2CCNCC2)nc(-n2cncn2)n1. The second-order valence-electron chi connectivity index (χ2n) is 4.37. The van der Waals surface area contributed by atoms with Crippen molar-refractivity contribution >= 4 is 11.9 Å². The number of hydrogen-bond acceptors (Lipinski definition) is 8. The van der Waals surface area contributed by atoms with Gasteiger partial charge in [0.15, 0.2) is 0 Å². The Morgan fingerprint density at radius 2 is 2.00 bits per heavy atom. The topological polar surface area (TPSA) is 96.7 Å². The number of nitrogens with zero attached hydrogens (tertiary/aromatic N) is 7. The van der Waals surface area contributed by atoms with Gasteiger partial charge >= 0.3 is 0 Å². The van der Waals surface area contributed by atoms with Gasteiger partial charge < -0.3 is 15.5 Å². The van der Waals surface area contributed by atoms with Crippen LogP contribution in [0.5, 0.6) is 0 Å². The van der Waals surface area contributed by atoms with Crippen LogP contribution in [0.3, 0.4) is 0 Å². The monoisotopic (exact) mass is 275 g/mol. The van der Waals surface area contributed by atoms with E-state index in [1.807, 2.05) is 6.92 Å². The first-order valence-electron chi connectivity index (χ1n) is 6.67. The van der Waals surface area contributed by atoms with Gasteiger partial charge in [0, 0.05) is 32.7 Å². The zero-order valence-electron chi connectivity index (χ0n) is 11.3. The number of nitrogens with one attached hydrogen (secondary N) is 2. The smallest absolute Gasteiger partial charge is 0.258 e. The van der Waals surface area contributed by atoms with Crippen LogP contribution in [0.15, 0.2) is 12.7 Å². The molecule has 1 aliphatic rings. The summed E-state index contributed by atoms with van der Waals surface area (Å²) in [5.41, 5.74) is 0. The van der Waals surface area contributed by atoms with Gasteiger partial charge in [-0.3, -0.25) is 0 Å². The molecule has 1 saturated heterocycles. The van der Waals surface area contributed by atoms with Crippen molar-refractivity contribution in [3.8, 4) is 5.95 Å². The second kappa shape index (κ2) is 5.78. The zero-order chi connectivity index (χ0) is 13.8. The molecule has 2 aromatic heterocycles. The Morgan fingerprint density at radius 1 is 1.20 bits per heavy atom. The van der Waals surface area contributed by atoms with E-state index >= 15 is 0 Å². The standard InChI is InChI=1S/C11H17N9/c1-2-14-9-16-10(19-5-3-12-4-6-19)18-11(17-9)20-8-13-7-15-20/h7-8,12H,2-6H2,1H3,(H,14,16,17,18). The minimum Gasteiger partial charge on any atom is -0.354 e. The second-order valence-corrected chi connectivity index (χ2v) is 4.37. The van der Waals surface area contributed by atoms with Crippen LogP contribution in [-0.2, 0) is 0 Å². The molecule has 0 aromatic carbocycles. The molecule has 0 spiro atoms. The van der Waals surface area contributed by atoms with Crippen LogP contribution in [0.1, 0.15) is 6.92 Å². The fourth-order valence-corrected chi connectivity index (χ4v) is 2.01. The van der Waals surface area contributed by atoms with Gasteiger partial charge in [-0.25, -0.2) is 4.98 Å². The molecule has 0 bridgehead atoms. The van der Waals surface area contributed by atoms with Crippen LogP contribution >= 0.6 is 0 Å². The van der Waals surface area contributed by atoms with E-state index in [1.54, 1.807) is 6.33 Å². The van der Waals surface area contributed by atoms with Gasteiger partial charge in [0.05, 0.1) is 0 Å². The molecule has 106 valence electrons. The predicted molar refractivity (Wildman–Crippen MR) is 74.0 cm³/mol. The Labute approximate surface area is 116 Å². The van der Waals surface area contributed by atoms with E-state index in [0.29, 0.717) is 17.8 Å². The number of hydrogen-bond donors (Lipinski definition) is 2. The average Bonchev–Trinajstić information content (AvgIpc) is 3.02. The van der Waals surface area contributed by atoms with Crippen molar-refractivity contribution in [2.75, 3.05) is 42.9 Å². The molecule has 3 heterocycles. The summed E-state index contributed by atoms with van der Waals surface area (Å²) in [5.74, 6) is 1.70. The van der Waals surface area contributed by atoms with Crippen molar-refractivity contribution in [3.05, 3.63) is 12.7 Å². The Bertz CT molecular complexity index is 547. The molecule has 0 amide bonds. The molecule has 0 radical (unpaired) electrons. The summed E-state index contributed by atoms with van der Waals surface area (Å²) in [6.07, 6.45) is 3.04. The summed E-state index contributed by atoms with van der Waals surface area (Å²) in [6.45, 7) is 6.38. The van der Waals surface area contributed by atoms with E-state index < -0.39 is 0 Å². The average molecular weight is 275 g/mol. The maximum absolute atomic E-state index is 4.48. The first-order chi connectivity index (χ1) is 9.86. The molecule has 1 fully saturated rings. The summed E-state index contributed by atoms with van der Waals surface area (Å²) in [7, 11) is 0. The van der Waals surface area contributed by atoms with E-state index in [-0.39, 0.29) is 0 Å². The lowest BCUT2D eigenvalue weighted by Gasteiger charge is -2.27. The van der Waals surface area contributed by atoms with Crippen molar-refractivity contribution in [2.24, 2.45) is 0 Å². The number of rotatable bonds is 4. The van der Waals surface area contributed by atoms with Crippen LogP contribution in [-0.4, -0.2) is 62.4 Å². The lowest BCUT2D eigenvalue weighted by Crippen LogP contribution is -2.44. The fourth-order valence-electron chi connectivity index (χ4n) is 2.01. The van der Waals surface area contributed by atoms with Gasteiger partial charge in [-0.2, -0.15) is 24.7 Å². The molecular weight excluding hydrogens is 258 g/mol. The maximum Gasteiger partial charge on any atom is 0.258 e. The molecule has 9 nitrogen and oxygen atoms in total. The molecule has 0 atom stereocenters. The predicted octanol–water partition coefficient (Wildman–Crippen LogP) is -0.706. The Balaban J connectivity index is 1.95. The van der Waals surface area contributed by atoms with E-state index in [0.717, 1.165) is 32.7 Å². The molecule has 0 aliphatic carbocycles. The largest absolute Gasteiger partial charge is 0.354 e. The number of aromatic nitrogens is 6. The first-order valence-corrected chi connectivity index (χ1v) is 6.67. The van der Waals surface area contributed by atoms with Gasteiger partial charge in [0.25, 0.3) is 5.95 Å². The van der Waals surface area contributed by atoms with Crippen LogP contribution in [0, 0.1) is 0 Å². The normalized spacial score (nSPS) is 15.3. The summed E-state index contributed by atoms with van der Waals surface area (Å²) < 4.78 is 1.54. The van der Waals surface area contributed by atoms with Crippen LogP contribution in [0.2, 0.25) is 0 Å². The maximum atomic E-state index is 4.48. The Kier molecular flexibility index (Phi) is 3.68. The molecular formula is C11H17N9. The van der Waals surface area contributed by atoms with Gasteiger partial charge in [-0.05, 0) is 6.92 Å². The Hall–Kier alpha value is -2.29. The number of anilines is 2. The highest BCUT2D eigenvalue weighted by atomic mass is 15.4. The quantitative estimate of drug-likeness (QED) is 0.755. The van der Waals surface area contributed by atoms with Gasteiger partial charge in [-0.1, -0.05) is 0 Å². The highest BCUT2D eigenvalue weighted by Crippen LogP contribution is 2.13. The fraction of sp³-hybridized carbons (Fsp3) is 0.545. The summed E-state index contributed by atoms with van der Waals surface area (Å²) >= 11 is 0. The summed E-state index contributed by atoms with van der Waals surface area (Å²) in [4.78, 5) is 19.3. The van der Waals surface area contributed by atoms with Gasteiger partial charge in [0.2, 0.25) is 11.9 Å². The minimum atomic E-state index is 0.474. The third-order valence-electron chi connectivity index (χ3n) is 2.97. The first kappa shape index (κ1) is 12.7. The highest BCUT2D eigenvalue weighted by molar-refractivity contribution is 5.40. The molecule has 0 unspecified atom stereocenters. The van der Waals surface area contributed by atoms with Crippen molar-refractivity contribution in [2.45, 2.75) is 6.92 Å². The van der Waals surface area contributed by atoms with E-state index in [2.05, 4.69) is 40.6 Å². The number of piperazine rings is 1. The van der Waals surface area contributed by atoms with Crippen molar-refractivity contribution in [3.63, 3.8) is 0 Å². The molecule has 3 rings (SSSR count). The Morgan fingerprint density at radius 3 is 2.70 bits per heavy atom. The highest BCUT2D eigenvalue weighted by Gasteiger charge is 2.16. The lowest BCUT2D eigenvalue weighted by molar-refractivity contribution is 0.577. The molecule has 1 aliphatic heterocycles. The van der Waals surface area contributed by atoms with Crippen LogP contribution < -0.4 is 15.5 Å². The molecule has 20 heavy (non-hydrogen) atoms. The van der Waals surface area contributed by atoms with E-state index in [1.165, 1.54) is 11.0 Å². The molecule has 0 saturated carbocycles. The third-order valence-corrected chi connectivity index (χ3v) is 2.97. The zero-order valence-corrected chi connectivity index (χ0v) is 11.3. The minimum absolute atomic E-state index is 0.474. The van der Waals surface area contributed by atoms with Crippen molar-refractivity contribution < 1.29 is 0 Å². The lowest BCUT2D eigenvalue weighted by atomic mass is 10.4. The van der Waals surface area contributed by atoms with E-state index in [9.17, 15) is 0 Å². The van der Waals surface area contributed by atoms with Gasteiger partial charge in [0.1, 0.15) is 12.7 Å². The van der Waals surface area contributed by atoms with Crippen molar-refractivity contribution in [1.82, 2.24) is 35.0 Å². The van der Waals surface area contributed by atoms with Crippen LogP contribution in [0.25, 0.3) is 5.95 Å². The van der Waals surface area contributed by atoms with Crippen LogP contribution in [0.4, 0.5) is 11.9 Å². The summed E-state index contributed by atoms with van der Waals surface area (Å²) in [5, 5.41) is 10.5. The van der Waals surface area contributed by atoms with Gasteiger partial charge in [-0.15, -0.1) is 0 Å². The molecule has 9 heteroatoms.